The zero-order valence-corrected chi connectivity index (χ0v) is 20.3. The molecule has 2 aliphatic rings. The van der Waals surface area contributed by atoms with Gasteiger partial charge in [-0.3, -0.25) is 9.58 Å². The van der Waals surface area contributed by atoms with E-state index in [-0.39, 0.29) is 0 Å². The summed E-state index contributed by atoms with van der Waals surface area (Å²) in [6.45, 7) is 6.64. The lowest BCUT2D eigenvalue weighted by Gasteiger charge is -2.40. The van der Waals surface area contributed by atoms with Crippen molar-refractivity contribution in [3.63, 3.8) is 0 Å². The van der Waals surface area contributed by atoms with Crippen LogP contribution in [0.1, 0.15) is 31.7 Å². The summed E-state index contributed by atoms with van der Waals surface area (Å²) >= 11 is 0. The molecule has 1 saturated carbocycles. The minimum Gasteiger partial charge on any atom is -0.354 e. The van der Waals surface area contributed by atoms with E-state index in [0.29, 0.717) is 5.56 Å². The highest BCUT2D eigenvalue weighted by Crippen LogP contribution is 2.33. The Kier molecular flexibility index (Phi) is 5.50. The molecular formula is C27H30N8. The Morgan fingerprint density at radius 1 is 0.943 bits per heavy atom. The second-order valence-electron chi connectivity index (χ2n) is 9.91. The van der Waals surface area contributed by atoms with Crippen LogP contribution in [0.3, 0.4) is 0 Å². The zero-order valence-electron chi connectivity index (χ0n) is 20.3. The Morgan fingerprint density at radius 3 is 2.46 bits per heavy atom. The fourth-order valence-corrected chi connectivity index (χ4v) is 5.83. The third kappa shape index (κ3) is 3.96. The van der Waals surface area contributed by atoms with Crippen LogP contribution in [0.5, 0.6) is 0 Å². The Morgan fingerprint density at radius 2 is 1.80 bits per heavy atom. The molecule has 8 nitrogen and oxygen atoms in total. The van der Waals surface area contributed by atoms with Crippen molar-refractivity contribution in [2.45, 2.75) is 32.2 Å². The first kappa shape index (κ1) is 21.8. The van der Waals surface area contributed by atoms with Crippen molar-refractivity contribution in [2.24, 2.45) is 13.0 Å². The predicted octanol–water partition coefficient (Wildman–Crippen LogP) is 3.98. The molecule has 178 valence electrons. The molecule has 0 spiro atoms. The standard InChI is InChI=1S/C27H30N8/c1-19-4-3-5-25(19)33-8-10-34(11-9-33)26-7-6-20(14-29-26)24-12-21(23-16-30-32(2)17-23)18-35-27(24)22(13-28)15-31-35/h6-7,12,14-19,25H,3-5,8-11H2,1-2H3/t19-,25-/m1/s1. The fraction of sp³-hybridized carbons (Fsp3) is 0.407. The van der Waals surface area contributed by atoms with Gasteiger partial charge in [0.05, 0.1) is 23.5 Å². The van der Waals surface area contributed by atoms with Gasteiger partial charge < -0.3 is 4.90 Å². The van der Waals surface area contributed by atoms with Crippen molar-refractivity contribution in [3.05, 3.63) is 54.7 Å². The highest BCUT2D eigenvalue weighted by Gasteiger charge is 2.31. The minimum absolute atomic E-state index is 0.555. The van der Waals surface area contributed by atoms with E-state index in [2.05, 4.69) is 51.2 Å². The van der Waals surface area contributed by atoms with Crippen LogP contribution in [0.25, 0.3) is 27.8 Å². The zero-order chi connectivity index (χ0) is 23.9. The monoisotopic (exact) mass is 466 g/mol. The number of piperazine rings is 1. The van der Waals surface area contributed by atoms with Crippen LogP contribution >= 0.6 is 0 Å². The maximum Gasteiger partial charge on any atom is 0.128 e. The smallest absolute Gasteiger partial charge is 0.128 e. The summed E-state index contributed by atoms with van der Waals surface area (Å²) in [7, 11) is 1.90. The van der Waals surface area contributed by atoms with Gasteiger partial charge in [-0.05, 0) is 37.0 Å². The Hall–Kier alpha value is -3.70. The average molecular weight is 467 g/mol. The van der Waals surface area contributed by atoms with Gasteiger partial charge >= 0.3 is 0 Å². The van der Waals surface area contributed by atoms with Crippen LogP contribution in [0, 0.1) is 17.2 Å². The lowest BCUT2D eigenvalue weighted by molar-refractivity contribution is 0.157. The number of hydrogen-bond acceptors (Lipinski definition) is 6. The Bertz CT molecular complexity index is 1390. The number of aromatic nitrogens is 5. The molecule has 8 heteroatoms. The quantitative estimate of drug-likeness (QED) is 0.453. The van der Waals surface area contributed by atoms with E-state index >= 15 is 0 Å². The molecule has 0 aromatic carbocycles. The van der Waals surface area contributed by atoms with Gasteiger partial charge in [0, 0.05) is 80.1 Å². The molecule has 6 rings (SSSR count). The van der Waals surface area contributed by atoms with Gasteiger partial charge in [0.25, 0.3) is 0 Å². The van der Waals surface area contributed by atoms with Crippen LogP contribution in [0.4, 0.5) is 5.82 Å². The summed E-state index contributed by atoms with van der Waals surface area (Å²) in [5.41, 5.74) is 5.27. The second-order valence-corrected chi connectivity index (χ2v) is 9.91. The van der Waals surface area contributed by atoms with E-state index < -0.39 is 0 Å². The van der Waals surface area contributed by atoms with Crippen molar-refractivity contribution >= 4 is 11.3 Å². The molecule has 0 radical (unpaired) electrons. The van der Waals surface area contributed by atoms with Crippen molar-refractivity contribution in [2.75, 3.05) is 31.1 Å². The van der Waals surface area contributed by atoms with Gasteiger partial charge in [0.1, 0.15) is 11.9 Å². The number of rotatable bonds is 4. The first-order valence-corrected chi connectivity index (χ1v) is 12.5. The molecule has 1 aliphatic carbocycles. The summed E-state index contributed by atoms with van der Waals surface area (Å²) < 4.78 is 3.57. The lowest BCUT2D eigenvalue weighted by Crippen LogP contribution is -2.51. The predicted molar refractivity (Wildman–Crippen MR) is 136 cm³/mol. The highest BCUT2D eigenvalue weighted by molar-refractivity contribution is 5.87. The first-order chi connectivity index (χ1) is 17.1. The third-order valence-corrected chi connectivity index (χ3v) is 7.75. The number of fused-ring (bicyclic) bond motifs is 1. The molecule has 0 bridgehead atoms. The van der Waals surface area contributed by atoms with Crippen LogP contribution in [0.2, 0.25) is 0 Å². The topological polar surface area (TPSA) is 78.3 Å². The van der Waals surface area contributed by atoms with E-state index in [1.165, 1.54) is 19.3 Å². The van der Waals surface area contributed by atoms with E-state index in [1.54, 1.807) is 15.4 Å². The van der Waals surface area contributed by atoms with Gasteiger partial charge in [0.15, 0.2) is 0 Å². The summed E-state index contributed by atoms with van der Waals surface area (Å²) in [6.07, 6.45) is 13.4. The van der Waals surface area contributed by atoms with Gasteiger partial charge in [0.2, 0.25) is 0 Å². The van der Waals surface area contributed by atoms with E-state index in [9.17, 15) is 5.26 Å². The Labute approximate surface area is 205 Å². The van der Waals surface area contributed by atoms with Gasteiger partial charge in [-0.1, -0.05) is 13.3 Å². The molecule has 0 unspecified atom stereocenters. The van der Waals surface area contributed by atoms with Crippen LogP contribution in [0.15, 0.2) is 49.2 Å². The molecule has 0 amide bonds. The average Bonchev–Trinajstić information content (AvgIpc) is 3.63. The van der Waals surface area contributed by atoms with Gasteiger partial charge in [-0.15, -0.1) is 0 Å². The first-order valence-electron chi connectivity index (χ1n) is 12.5. The SMILES string of the molecule is C[C@@H]1CCC[C@H]1N1CCN(c2ccc(-c3cc(-c4cnn(C)c4)cn4ncc(C#N)c34)cn2)CC1. The van der Waals surface area contributed by atoms with Crippen molar-refractivity contribution in [3.8, 4) is 28.3 Å². The summed E-state index contributed by atoms with van der Waals surface area (Å²) in [5.74, 6) is 1.83. The number of pyridine rings is 2. The van der Waals surface area contributed by atoms with Gasteiger partial charge in [-0.25, -0.2) is 9.50 Å². The highest BCUT2D eigenvalue weighted by atomic mass is 15.3. The van der Waals surface area contributed by atoms with E-state index in [0.717, 1.165) is 71.7 Å². The summed E-state index contributed by atoms with van der Waals surface area (Å²) in [4.78, 5) is 9.92. The number of nitriles is 1. The third-order valence-electron chi connectivity index (χ3n) is 7.75. The second kappa shape index (κ2) is 8.82. The van der Waals surface area contributed by atoms with Crippen LogP contribution < -0.4 is 4.90 Å². The number of anilines is 1. The maximum absolute atomic E-state index is 9.67. The molecule has 2 atom stereocenters. The fourth-order valence-electron chi connectivity index (χ4n) is 5.83. The maximum atomic E-state index is 9.67. The molecule has 4 aromatic heterocycles. The van der Waals surface area contributed by atoms with Crippen LogP contribution in [-0.2, 0) is 7.05 Å². The van der Waals surface area contributed by atoms with Gasteiger partial charge in [-0.2, -0.15) is 15.5 Å². The molecule has 5 heterocycles. The number of hydrogen-bond donors (Lipinski definition) is 0. The minimum atomic E-state index is 0.555. The summed E-state index contributed by atoms with van der Waals surface area (Å²) in [6, 6.07) is 9.37. The van der Waals surface area contributed by atoms with Crippen molar-refractivity contribution < 1.29 is 0 Å². The number of aryl methyl sites for hydroxylation is 1. The molecule has 35 heavy (non-hydrogen) atoms. The van der Waals surface area contributed by atoms with E-state index in [1.807, 2.05) is 31.8 Å². The molecule has 0 N–H and O–H groups in total. The van der Waals surface area contributed by atoms with E-state index in [4.69, 9.17) is 4.98 Å². The lowest BCUT2D eigenvalue weighted by atomic mass is 10.0. The largest absolute Gasteiger partial charge is 0.354 e. The normalized spacial score (nSPS) is 21.0. The van der Waals surface area contributed by atoms with Crippen LogP contribution in [-0.4, -0.2) is 61.5 Å². The number of nitrogens with zero attached hydrogens (tertiary/aromatic N) is 8. The molecule has 4 aromatic rings. The molecular weight excluding hydrogens is 436 g/mol. The van der Waals surface area contributed by atoms with Crippen molar-refractivity contribution in [1.29, 1.82) is 5.26 Å². The Balaban J connectivity index is 1.28. The molecule has 1 aliphatic heterocycles. The molecule has 2 fully saturated rings. The summed E-state index contributed by atoms with van der Waals surface area (Å²) in [5, 5.41) is 18.4. The molecule has 1 saturated heterocycles. The van der Waals surface area contributed by atoms with Crippen molar-refractivity contribution in [1.82, 2.24) is 29.3 Å².